The number of imide groups is 1. The van der Waals surface area contributed by atoms with Crippen molar-refractivity contribution in [3.05, 3.63) is 46.6 Å². The standard InChI is InChI=1S/C25H26N6O5S/c1-4-36-16-6-5-7-17-20(16)29-23(37-17)25(2,3)30-24(35)27-18-10-8-13-14(26-18)12-31(22(13)34)15-9-11-19(32)28-21(15)33/h5-8,10,15H,4,9,11-12H2,1-3H3,(H,28,32,33)(H2,26,27,30,35). The first-order chi connectivity index (χ1) is 17.7. The van der Waals surface area contributed by atoms with Gasteiger partial charge in [-0.05, 0) is 51.5 Å². The number of nitrogens with one attached hydrogen (secondary N) is 3. The van der Waals surface area contributed by atoms with E-state index < -0.39 is 23.5 Å². The molecule has 4 heterocycles. The normalized spacial score (nSPS) is 17.5. The largest absolute Gasteiger partial charge is 0.492 e. The highest BCUT2D eigenvalue weighted by Gasteiger charge is 2.40. The number of ether oxygens (including phenoxy) is 1. The van der Waals surface area contributed by atoms with Gasteiger partial charge in [-0.1, -0.05) is 6.07 Å². The van der Waals surface area contributed by atoms with Crippen LogP contribution in [-0.4, -0.2) is 51.3 Å². The fraction of sp³-hybridized carbons (Fsp3) is 0.360. The van der Waals surface area contributed by atoms with Gasteiger partial charge in [0.25, 0.3) is 5.91 Å². The molecule has 3 N–H and O–H groups in total. The van der Waals surface area contributed by atoms with Crippen LogP contribution in [0.4, 0.5) is 10.6 Å². The van der Waals surface area contributed by atoms with Gasteiger partial charge in [-0.2, -0.15) is 0 Å². The number of rotatable bonds is 6. The molecule has 1 aromatic carbocycles. The molecule has 0 spiro atoms. The van der Waals surface area contributed by atoms with Gasteiger partial charge in [0.1, 0.15) is 28.1 Å². The Hall–Kier alpha value is -4.06. The van der Waals surface area contributed by atoms with Gasteiger partial charge >= 0.3 is 6.03 Å². The van der Waals surface area contributed by atoms with E-state index in [0.717, 1.165) is 15.2 Å². The number of nitrogens with zero attached hydrogens (tertiary/aromatic N) is 3. The molecule has 192 valence electrons. The number of fused-ring (bicyclic) bond motifs is 2. The molecular weight excluding hydrogens is 496 g/mol. The molecule has 2 aliphatic rings. The minimum Gasteiger partial charge on any atom is -0.492 e. The number of thiazole rings is 1. The number of urea groups is 1. The van der Waals surface area contributed by atoms with Gasteiger partial charge in [-0.15, -0.1) is 11.3 Å². The van der Waals surface area contributed by atoms with Crippen molar-refractivity contribution in [2.75, 3.05) is 11.9 Å². The fourth-order valence-corrected chi connectivity index (χ4v) is 5.49. The summed E-state index contributed by atoms with van der Waals surface area (Å²) in [5, 5.41) is 8.65. The van der Waals surface area contributed by atoms with Crippen LogP contribution in [0.25, 0.3) is 10.2 Å². The molecule has 0 aliphatic carbocycles. The second-order valence-corrected chi connectivity index (χ2v) is 10.4. The van der Waals surface area contributed by atoms with E-state index >= 15 is 0 Å². The van der Waals surface area contributed by atoms with Gasteiger partial charge in [0, 0.05) is 6.42 Å². The maximum absolute atomic E-state index is 12.9. The molecule has 1 fully saturated rings. The Morgan fingerprint density at radius 1 is 1.22 bits per heavy atom. The third-order valence-corrected chi connectivity index (χ3v) is 7.60. The Morgan fingerprint density at radius 3 is 2.78 bits per heavy atom. The van der Waals surface area contributed by atoms with Gasteiger partial charge in [0.15, 0.2) is 0 Å². The molecule has 37 heavy (non-hydrogen) atoms. The highest BCUT2D eigenvalue weighted by molar-refractivity contribution is 7.18. The second-order valence-electron chi connectivity index (χ2n) is 9.35. The molecule has 5 rings (SSSR count). The molecule has 0 radical (unpaired) electrons. The highest BCUT2D eigenvalue weighted by atomic mass is 32.1. The lowest BCUT2D eigenvalue weighted by molar-refractivity contribution is -0.136. The van der Waals surface area contributed by atoms with Crippen LogP contribution in [0.2, 0.25) is 0 Å². The number of hydrogen-bond donors (Lipinski definition) is 3. The number of carbonyl (C=O) groups excluding carboxylic acids is 4. The van der Waals surface area contributed by atoms with Crippen LogP contribution in [0.15, 0.2) is 30.3 Å². The van der Waals surface area contributed by atoms with Crippen molar-refractivity contribution in [3.8, 4) is 5.75 Å². The zero-order valence-corrected chi connectivity index (χ0v) is 21.4. The highest BCUT2D eigenvalue weighted by Crippen LogP contribution is 2.34. The number of aromatic nitrogens is 2. The second kappa shape index (κ2) is 9.43. The maximum atomic E-state index is 12.9. The summed E-state index contributed by atoms with van der Waals surface area (Å²) in [6.45, 7) is 6.28. The molecule has 12 heteroatoms. The number of hydrogen-bond acceptors (Lipinski definition) is 8. The van der Waals surface area contributed by atoms with Crippen molar-refractivity contribution in [1.82, 2.24) is 25.5 Å². The lowest BCUT2D eigenvalue weighted by atomic mass is 10.0. The van der Waals surface area contributed by atoms with E-state index in [9.17, 15) is 19.2 Å². The molecule has 5 amide bonds. The Bertz CT molecular complexity index is 1430. The SMILES string of the molecule is CCOc1cccc2sc(C(C)(C)NC(=O)Nc3ccc4c(n3)CN(C3CCC(=O)NC3=O)C4=O)nc12. The topological polar surface area (TPSA) is 143 Å². The van der Waals surface area contributed by atoms with E-state index in [-0.39, 0.29) is 37.0 Å². The molecule has 1 atom stereocenters. The predicted molar refractivity (Wildman–Crippen MR) is 136 cm³/mol. The molecule has 0 saturated carbocycles. The van der Waals surface area contributed by atoms with E-state index in [0.29, 0.717) is 23.6 Å². The first-order valence-electron chi connectivity index (χ1n) is 11.9. The molecule has 11 nitrogen and oxygen atoms in total. The number of para-hydroxylation sites is 1. The molecule has 3 aromatic rings. The van der Waals surface area contributed by atoms with Crippen LogP contribution < -0.4 is 20.7 Å². The number of anilines is 1. The molecule has 1 unspecified atom stereocenters. The molecule has 0 bridgehead atoms. The molecule has 1 saturated heterocycles. The van der Waals surface area contributed by atoms with E-state index in [1.807, 2.05) is 39.0 Å². The minimum atomic E-state index is -0.785. The third kappa shape index (κ3) is 4.71. The van der Waals surface area contributed by atoms with Crippen LogP contribution in [0.3, 0.4) is 0 Å². The van der Waals surface area contributed by atoms with Crippen LogP contribution in [0, 0.1) is 0 Å². The van der Waals surface area contributed by atoms with Crippen molar-refractivity contribution in [2.24, 2.45) is 0 Å². The van der Waals surface area contributed by atoms with Crippen LogP contribution >= 0.6 is 11.3 Å². The zero-order valence-electron chi connectivity index (χ0n) is 20.6. The first-order valence-corrected chi connectivity index (χ1v) is 12.7. The summed E-state index contributed by atoms with van der Waals surface area (Å²) in [5.41, 5.74) is 0.800. The van der Waals surface area contributed by atoms with Crippen LogP contribution in [-0.2, 0) is 21.7 Å². The minimum absolute atomic E-state index is 0.122. The molecule has 2 aromatic heterocycles. The predicted octanol–water partition coefficient (Wildman–Crippen LogP) is 2.91. The van der Waals surface area contributed by atoms with Gasteiger partial charge in [-0.3, -0.25) is 25.0 Å². The summed E-state index contributed by atoms with van der Waals surface area (Å²) in [5.74, 6) is -0.180. The Balaban J connectivity index is 1.28. The summed E-state index contributed by atoms with van der Waals surface area (Å²) in [7, 11) is 0. The number of piperidine rings is 1. The molecule has 2 aliphatic heterocycles. The summed E-state index contributed by atoms with van der Waals surface area (Å²) in [4.78, 5) is 60.0. The summed E-state index contributed by atoms with van der Waals surface area (Å²) in [6.07, 6.45) is 0.444. The smallest absolute Gasteiger partial charge is 0.321 e. The van der Waals surface area contributed by atoms with Crippen molar-refractivity contribution in [2.45, 2.75) is 51.7 Å². The van der Waals surface area contributed by atoms with Crippen molar-refractivity contribution in [1.29, 1.82) is 0 Å². The van der Waals surface area contributed by atoms with Crippen LogP contribution in [0.5, 0.6) is 5.75 Å². The van der Waals surface area contributed by atoms with Crippen molar-refractivity contribution >= 4 is 51.1 Å². The Labute approximate surface area is 216 Å². The summed E-state index contributed by atoms with van der Waals surface area (Å²) >= 11 is 1.48. The summed E-state index contributed by atoms with van der Waals surface area (Å²) in [6, 6.07) is 7.67. The first kappa shape index (κ1) is 24.6. The number of benzene rings is 1. The fourth-order valence-electron chi connectivity index (χ4n) is 4.45. The van der Waals surface area contributed by atoms with E-state index in [4.69, 9.17) is 9.72 Å². The van der Waals surface area contributed by atoms with Gasteiger partial charge in [-0.25, -0.2) is 14.8 Å². The van der Waals surface area contributed by atoms with Crippen LogP contribution in [0.1, 0.15) is 54.7 Å². The van der Waals surface area contributed by atoms with E-state index in [1.165, 1.54) is 16.2 Å². The van der Waals surface area contributed by atoms with Crippen molar-refractivity contribution < 1.29 is 23.9 Å². The molecular formula is C25H26N6O5S. The monoisotopic (exact) mass is 522 g/mol. The average Bonchev–Trinajstić information content (AvgIpc) is 3.42. The lowest BCUT2D eigenvalue weighted by Crippen LogP contribution is -2.52. The van der Waals surface area contributed by atoms with Gasteiger partial charge < -0.3 is 15.0 Å². The van der Waals surface area contributed by atoms with Crippen molar-refractivity contribution in [3.63, 3.8) is 0 Å². The summed E-state index contributed by atoms with van der Waals surface area (Å²) < 4.78 is 6.64. The van der Waals surface area contributed by atoms with E-state index in [2.05, 4.69) is 20.9 Å². The van der Waals surface area contributed by atoms with E-state index in [1.54, 1.807) is 12.1 Å². The maximum Gasteiger partial charge on any atom is 0.321 e. The number of carbonyl (C=O) groups is 4. The Morgan fingerprint density at radius 2 is 2.03 bits per heavy atom. The average molecular weight is 523 g/mol. The lowest BCUT2D eigenvalue weighted by Gasteiger charge is -2.29. The number of amides is 5. The third-order valence-electron chi connectivity index (χ3n) is 6.26. The quantitative estimate of drug-likeness (QED) is 0.423. The number of pyridine rings is 1. The van der Waals surface area contributed by atoms with Gasteiger partial charge in [0.05, 0.1) is 34.6 Å². The van der Waals surface area contributed by atoms with Gasteiger partial charge in [0.2, 0.25) is 11.8 Å². The zero-order chi connectivity index (χ0) is 26.3. The Kier molecular flexibility index (Phi) is 6.28.